The average molecular weight is 176 g/mol. The minimum absolute atomic E-state index is 0.324. The van der Waals surface area contributed by atoms with Crippen LogP contribution in [0.3, 0.4) is 0 Å². The molecule has 0 unspecified atom stereocenters. The van der Waals surface area contributed by atoms with Gasteiger partial charge in [-0.05, 0) is 0 Å². The molecule has 1 heterocycles. The zero-order chi connectivity index (χ0) is 6.15. The molecule has 8 heavy (non-hydrogen) atoms. The van der Waals surface area contributed by atoms with E-state index in [1.807, 2.05) is 0 Å². The van der Waals surface area contributed by atoms with E-state index in [1.54, 1.807) is 0 Å². The van der Waals surface area contributed by atoms with E-state index in [1.165, 1.54) is 12.2 Å². The summed E-state index contributed by atoms with van der Waals surface area (Å²) in [6.07, 6.45) is 2.41. The Morgan fingerprint density at radius 1 is 1.25 bits per heavy atom. The summed E-state index contributed by atoms with van der Waals surface area (Å²) in [7, 11) is 0. The molecule has 1 aliphatic heterocycles. The van der Waals surface area contributed by atoms with Crippen molar-refractivity contribution < 1.29 is 9.59 Å². The second kappa shape index (κ2) is 1.70. The van der Waals surface area contributed by atoms with Crippen LogP contribution in [0.5, 0.6) is 0 Å². The molecule has 2 amide bonds. The Bertz CT molecular complexity index is 157. The lowest BCUT2D eigenvalue weighted by molar-refractivity contribution is -0.129. The molecule has 0 saturated carbocycles. The van der Waals surface area contributed by atoms with E-state index < -0.39 is 0 Å². The van der Waals surface area contributed by atoms with Gasteiger partial charge in [0.1, 0.15) is 0 Å². The fourth-order valence-corrected chi connectivity index (χ4v) is 0.618. The second-order valence-corrected chi connectivity index (χ2v) is 2.00. The van der Waals surface area contributed by atoms with Gasteiger partial charge in [0.05, 0.1) is 16.1 Å². The van der Waals surface area contributed by atoms with Crippen LogP contribution in [0.25, 0.3) is 0 Å². The molecule has 42 valence electrons. The van der Waals surface area contributed by atoms with Gasteiger partial charge in [-0.15, -0.1) is 0 Å². The number of imide groups is 1. The Kier molecular flexibility index (Phi) is 1.17. The van der Waals surface area contributed by atoms with E-state index in [9.17, 15) is 9.59 Å². The summed E-state index contributed by atoms with van der Waals surface area (Å²) in [5, 5.41) is 0. The third-order valence-corrected chi connectivity index (χ3v) is 1.45. The highest BCUT2D eigenvalue weighted by Crippen LogP contribution is 2.07. The lowest BCUT2D eigenvalue weighted by atomic mass is 10.6. The van der Waals surface area contributed by atoms with Gasteiger partial charge in [-0.1, -0.05) is 0 Å². The van der Waals surface area contributed by atoms with Gasteiger partial charge < -0.3 is 0 Å². The van der Waals surface area contributed by atoms with Gasteiger partial charge in [0.15, 0.2) is 0 Å². The maximum absolute atomic E-state index is 10.4. The molecule has 0 aromatic rings. The van der Waals surface area contributed by atoms with Gasteiger partial charge in [0.2, 0.25) is 0 Å². The molecule has 0 atom stereocenters. The SMILES string of the molecule is O=C1C=CC(=O)N1Br. The van der Waals surface area contributed by atoms with E-state index >= 15 is 0 Å². The summed E-state index contributed by atoms with van der Waals surface area (Å²) in [5.41, 5.74) is 0. The van der Waals surface area contributed by atoms with E-state index in [-0.39, 0.29) is 11.8 Å². The Balaban J connectivity index is 2.84. The van der Waals surface area contributed by atoms with Gasteiger partial charge in [-0.3, -0.25) is 9.59 Å². The first kappa shape index (κ1) is 5.50. The normalized spacial score (nSPS) is 18.4. The van der Waals surface area contributed by atoms with E-state index in [4.69, 9.17) is 0 Å². The van der Waals surface area contributed by atoms with Crippen molar-refractivity contribution in [2.75, 3.05) is 0 Å². The molecule has 0 fully saturated rings. The van der Waals surface area contributed by atoms with E-state index in [0.29, 0.717) is 0 Å². The zero-order valence-corrected chi connectivity index (χ0v) is 5.38. The number of halogens is 1. The third kappa shape index (κ3) is 0.667. The third-order valence-electron chi connectivity index (χ3n) is 0.755. The van der Waals surface area contributed by atoms with Crippen molar-refractivity contribution in [3.05, 3.63) is 12.2 Å². The van der Waals surface area contributed by atoms with Crippen LogP contribution in [-0.2, 0) is 9.59 Å². The highest BCUT2D eigenvalue weighted by molar-refractivity contribution is 9.08. The van der Waals surface area contributed by atoms with Crippen molar-refractivity contribution in [2.45, 2.75) is 0 Å². The molecule has 0 aliphatic carbocycles. The monoisotopic (exact) mass is 175 g/mol. The van der Waals surface area contributed by atoms with Crippen molar-refractivity contribution in [2.24, 2.45) is 0 Å². The number of carbonyl (C=O) groups is 2. The van der Waals surface area contributed by atoms with Crippen molar-refractivity contribution >= 4 is 28.0 Å². The highest BCUT2D eigenvalue weighted by Gasteiger charge is 2.19. The first-order chi connectivity index (χ1) is 3.72. The Hall–Kier alpha value is -0.640. The predicted molar refractivity (Wildman–Crippen MR) is 29.9 cm³/mol. The highest BCUT2D eigenvalue weighted by atomic mass is 79.9. The van der Waals surface area contributed by atoms with Crippen LogP contribution >= 0.6 is 16.1 Å². The van der Waals surface area contributed by atoms with Gasteiger partial charge in [0, 0.05) is 12.2 Å². The van der Waals surface area contributed by atoms with Gasteiger partial charge >= 0.3 is 0 Å². The molecule has 0 aromatic heterocycles. The number of hydrogen-bond acceptors (Lipinski definition) is 2. The molecule has 0 bridgehead atoms. The van der Waals surface area contributed by atoms with E-state index in [2.05, 4.69) is 16.1 Å². The van der Waals surface area contributed by atoms with Crippen LogP contribution < -0.4 is 0 Å². The van der Waals surface area contributed by atoms with Gasteiger partial charge in [-0.25, -0.2) is 3.93 Å². The number of rotatable bonds is 0. The number of carbonyl (C=O) groups excluding carboxylic acids is 2. The molecule has 4 heteroatoms. The average Bonchev–Trinajstić information content (AvgIpc) is 1.98. The molecule has 0 radical (unpaired) electrons. The van der Waals surface area contributed by atoms with Crippen LogP contribution in [0.4, 0.5) is 0 Å². The quantitative estimate of drug-likeness (QED) is 0.391. The Morgan fingerprint density at radius 2 is 1.62 bits per heavy atom. The molecule has 0 spiro atoms. The van der Waals surface area contributed by atoms with Crippen LogP contribution in [-0.4, -0.2) is 15.7 Å². The van der Waals surface area contributed by atoms with Gasteiger partial charge in [0.25, 0.3) is 11.8 Å². The number of hydrogen-bond donors (Lipinski definition) is 0. The Labute approximate surface area is 54.3 Å². The predicted octanol–water partition coefficient (Wildman–Crippen LogP) is 0.221. The summed E-state index contributed by atoms with van der Waals surface area (Å²) < 4.78 is 0.868. The molecule has 0 N–H and O–H groups in total. The first-order valence-corrected chi connectivity index (χ1v) is 2.64. The minimum Gasteiger partial charge on any atom is -0.268 e. The van der Waals surface area contributed by atoms with Crippen LogP contribution in [0.15, 0.2) is 12.2 Å². The zero-order valence-electron chi connectivity index (χ0n) is 3.80. The minimum atomic E-state index is -0.324. The van der Waals surface area contributed by atoms with E-state index in [0.717, 1.165) is 3.93 Å². The summed E-state index contributed by atoms with van der Waals surface area (Å²) in [5.74, 6) is -0.648. The maximum atomic E-state index is 10.4. The summed E-state index contributed by atoms with van der Waals surface area (Å²) >= 11 is 2.74. The fourth-order valence-electron chi connectivity index (χ4n) is 0.382. The molecule has 3 nitrogen and oxygen atoms in total. The van der Waals surface area contributed by atoms with Crippen LogP contribution in [0.2, 0.25) is 0 Å². The number of nitrogens with zero attached hydrogens (tertiary/aromatic N) is 1. The molecule has 0 aromatic carbocycles. The van der Waals surface area contributed by atoms with Crippen LogP contribution in [0, 0.1) is 0 Å². The maximum Gasteiger partial charge on any atom is 0.263 e. The molecular formula is C4H2BrNO2. The van der Waals surface area contributed by atoms with Crippen molar-refractivity contribution in [3.63, 3.8) is 0 Å². The van der Waals surface area contributed by atoms with Crippen molar-refractivity contribution in [1.29, 1.82) is 0 Å². The largest absolute Gasteiger partial charge is 0.268 e. The standard InChI is InChI=1S/C4H2BrNO2/c5-6-3(7)1-2-4(6)8/h1-2H. The second-order valence-electron chi connectivity index (χ2n) is 1.29. The Morgan fingerprint density at radius 3 is 1.75 bits per heavy atom. The molecular weight excluding hydrogens is 174 g/mol. The van der Waals surface area contributed by atoms with Crippen molar-refractivity contribution in [1.82, 2.24) is 3.93 Å². The van der Waals surface area contributed by atoms with Crippen LogP contribution in [0.1, 0.15) is 0 Å². The number of amides is 2. The molecule has 1 aliphatic rings. The summed E-state index contributed by atoms with van der Waals surface area (Å²) in [6.45, 7) is 0. The first-order valence-electron chi connectivity index (χ1n) is 1.94. The lowest BCUT2D eigenvalue weighted by Crippen LogP contribution is -2.17. The van der Waals surface area contributed by atoms with Gasteiger partial charge in [-0.2, -0.15) is 0 Å². The van der Waals surface area contributed by atoms with Crippen molar-refractivity contribution in [3.8, 4) is 0 Å². The smallest absolute Gasteiger partial charge is 0.263 e. The lowest BCUT2D eigenvalue weighted by Gasteiger charge is -1.97. The fraction of sp³-hybridized carbons (Fsp3) is 0. The summed E-state index contributed by atoms with van der Waals surface area (Å²) in [4.78, 5) is 20.7. The molecule has 1 rings (SSSR count). The molecule has 0 saturated heterocycles. The summed E-state index contributed by atoms with van der Waals surface area (Å²) in [6, 6.07) is 0. The topological polar surface area (TPSA) is 37.4 Å².